The topological polar surface area (TPSA) is 44.5 Å². The number of β-amino-alcohol motifs (C(OH)–C–C–N with tert-alkyl or cyclic N) is 1. The standard InChI is InChI=1S/C21H32N4O/c1-5-25-14-19(18(4)22-25)13-23-8-10-24(11-9-23)15-21(26)20-7-6-16(2)12-17(20)3/h6-7,12,14,21,26H,5,8-11,13,15H2,1-4H3/t21-/m0/s1. The van der Waals surface area contributed by atoms with Gasteiger partial charge in [0.2, 0.25) is 0 Å². The molecule has 5 nitrogen and oxygen atoms in total. The zero-order chi connectivity index (χ0) is 18.7. The van der Waals surface area contributed by atoms with Crippen LogP contribution in [0.2, 0.25) is 0 Å². The minimum absolute atomic E-state index is 0.410. The maximum Gasteiger partial charge on any atom is 0.0919 e. The summed E-state index contributed by atoms with van der Waals surface area (Å²) in [6.45, 7) is 15.1. The maximum absolute atomic E-state index is 10.6. The predicted octanol–water partition coefficient (Wildman–Crippen LogP) is 2.68. The van der Waals surface area contributed by atoms with Crippen LogP contribution in [0.15, 0.2) is 24.4 Å². The minimum Gasteiger partial charge on any atom is -0.387 e. The minimum atomic E-state index is -0.410. The highest BCUT2D eigenvalue weighted by Gasteiger charge is 2.21. The summed E-state index contributed by atoms with van der Waals surface area (Å²) < 4.78 is 2.02. The van der Waals surface area contributed by atoms with Crippen LogP contribution in [0.3, 0.4) is 0 Å². The van der Waals surface area contributed by atoms with E-state index >= 15 is 0 Å². The first-order valence-corrected chi connectivity index (χ1v) is 9.69. The Morgan fingerprint density at radius 3 is 2.38 bits per heavy atom. The quantitative estimate of drug-likeness (QED) is 0.864. The van der Waals surface area contributed by atoms with Crippen molar-refractivity contribution in [2.24, 2.45) is 0 Å². The third kappa shape index (κ3) is 4.53. The van der Waals surface area contributed by atoms with E-state index in [0.29, 0.717) is 6.54 Å². The van der Waals surface area contributed by atoms with E-state index < -0.39 is 6.10 Å². The monoisotopic (exact) mass is 356 g/mol. The summed E-state index contributed by atoms with van der Waals surface area (Å²) in [6.07, 6.45) is 1.76. The molecule has 1 aromatic heterocycles. The Morgan fingerprint density at radius 1 is 1.08 bits per heavy atom. The number of hydrogen-bond donors (Lipinski definition) is 1. The highest BCUT2D eigenvalue weighted by molar-refractivity contribution is 5.32. The van der Waals surface area contributed by atoms with Gasteiger partial charge in [-0.3, -0.25) is 14.5 Å². The van der Waals surface area contributed by atoms with Crippen molar-refractivity contribution in [3.63, 3.8) is 0 Å². The smallest absolute Gasteiger partial charge is 0.0919 e. The van der Waals surface area contributed by atoms with Crippen molar-refractivity contribution in [2.75, 3.05) is 32.7 Å². The summed E-state index contributed by atoms with van der Waals surface area (Å²) in [6, 6.07) is 6.30. The Bertz CT molecular complexity index is 732. The lowest BCUT2D eigenvalue weighted by molar-refractivity contribution is 0.0698. The molecule has 0 bridgehead atoms. The van der Waals surface area contributed by atoms with Crippen LogP contribution < -0.4 is 0 Å². The van der Waals surface area contributed by atoms with Crippen molar-refractivity contribution in [2.45, 2.75) is 46.9 Å². The van der Waals surface area contributed by atoms with Gasteiger partial charge in [-0.05, 0) is 38.8 Å². The molecule has 1 fully saturated rings. The molecule has 5 heteroatoms. The van der Waals surface area contributed by atoms with Crippen molar-refractivity contribution in [1.82, 2.24) is 19.6 Å². The molecule has 0 radical (unpaired) electrons. The van der Waals surface area contributed by atoms with E-state index in [4.69, 9.17) is 0 Å². The van der Waals surface area contributed by atoms with Crippen LogP contribution in [0.4, 0.5) is 0 Å². The Kier molecular flexibility index (Phi) is 6.12. The molecule has 1 aliphatic heterocycles. The molecule has 1 atom stereocenters. The summed E-state index contributed by atoms with van der Waals surface area (Å²) in [5, 5.41) is 15.2. The molecular weight excluding hydrogens is 324 g/mol. The number of rotatable bonds is 6. The Morgan fingerprint density at radius 2 is 1.77 bits per heavy atom. The van der Waals surface area contributed by atoms with Crippen LogP contribution >= 0.6 is 0 Å². The third-order valence-corrected chi connectivity index (χ3v) is 5.45. The molecule has 26 heavy (non-hydrogen) atoms. The van der Waals surface area contributed by atoms with Gasteiger partial charge in [-0.2, -0.15) is 5.10 Å². The predicted molar refractivity (Wildman–Crippen MR) is 105 cm³/mol. The number of benzene rings is 1. The van der Waals surface area contributed by atoms with Gasteiger partial charge < -0.3 is 5.11 Å². The SMILES string of the molecule is CCn1cc(CN2CCN(C[C@H](O)c3ccc(C)cc3C)CC2)c(C)n1. The lowest BCUT2D eigenvalue weighted by Crippen LogP contribution is -2.47. The van der Waals surface area contributed by atoms with Crippen LogP contribution in [0, 0.1) is 20.8 Å². The van der Waals surface area contributed by atoms with Crippen LogP contribution in [0.5, 0.6) is 0 Å². The molecule has 0 spiro atoms. The fourth-order valence-electron chi connectivity index (χ4n) is 3.79. The number of aliphatic hydroxyl groups is 1. The lowest BCUT2D eigenvalue weighted by atomic mass is 10.0. The molecule has 1 saturated heterocycles. The van der Waals surface area contributed by atoms with E-state index in [9.17, 15) is 5.11 Å². The zero-order valence-electron chi connectivity index (χ0n) is 16.6. The Labute approximate surface area is 157 Å². The molecule has 1 N–H and O–H groups in total. The van der Waals surface area contributed by atoms with Gasteiger partial charge in [0.25, 0.3) is 0 Å². The van der Waals surface area contributed by atoms with Crippen molar-refractivity contribution in [1.29, 1.82) is 0 Å². The third-order valence-electron chi connectivity index (χ3n) is 5.45. The lowest BCUT2D eigenvalue weighted by Gasteiger charge is -2.35. The molecular formula is C21H32N4O. The molecule has 1 aromatic carbocycles. The summed E-state index contributed by atoms with van der Waals surface area (Å²) in [5.41, 5.74) is 5.95. The van der Waals surface area contributed by atoms with Crippen LogP contribution in [-0.2, 0) is 13.1 Å². The van der Waals surface area contributed by atoms with Crippen molar-refractivity contribution in [3.05, 3.63) is 52.3 Å². The van der Waals surface area contributed by atoms with Gasteiger partial charge >= 0.3 is 0 Å². The summed E-state index contributed by atoms with van der Waals surface area (Å²) in [7, 11) is 0. The van der Waals surface area contributed by atoms with Gasteiger partial charge in [0.05, 0.1) is 11.8 Å². The number of aromatic nitrogens is 2. The van der Waals surface area contributed by atoms with E-state index in [2.05, 4.69) is 67.0 Å². The highest BCUT2D eigenvalue weighted by atomic mass is 16.3. The molecule has 0 saturated carbocycles. The Hall–Kier alpha value is -1.69. The van der Waals surface area contributed by atoms with Crippen LogP contribution in [-0.4, -0.2) is 57.4 Å². The molecule has 142 valence electrons. The molecule has 2 heterocycles. The van der Waals surface area contributed by atoms with Crippen LogP contribution in [0.1, 0.15) is 41.0 Å². The van der Waals surface area contributed by atoms with E-state index in [-0.39, 0.29) is 0 Å². The van der Waals surface area contributed by atoms with Gasteiger partial charge in [-0.25, -0.2) is 0 Å². The number of piperazine rings is 1. The number of nitrogens with zero attached hydrogens (tertiary/aromatic N) is 4. The second kappa shape index (κ2) is 8.33. The average molecular weight is 357 g/mol. The fraction of sp³-hybridized carbons (Fsp3) is 0.571. The number of hydrogen-bond acceptors (Lipinski definition) is 4. The molecule has 1 aliphatic rings. The second-order valence-electron chi connectivity index (χ2n) is 7.55. The van der Waals surface area contributed by atoms with Gasteiger partial charge in [0.1, 0.15) is 0 Å². The molecule has 0 amide bonds. The van der Waals surface area contributed by atoms with Crippen molar-refractivity contribution in [3.8, 4) is 0 Å². The van der Waals surface area contributed by atoms with Gasteiger partial charge in [0, 0.05) is 57.6 Å². The summed E-state index contributed by atoms with van der Waals surface area (Å²) >= 11 is 0. The van der Waals surface area contributed by atoms with Crippen LogP contribution in [0.25, 0.3) is 0 Å². The van der Waals surface area contributed by atoms with E-state index in [0.717, 1.165) is 50.5 Å². The number of aryl methyl sites for hydroxylation is 4. The molecule has 3 rings (SSSR count). The normalized spacial score (nSPS) is 17.6. The fourth-order valence-corrected chi connectivity index (χ4v) is 3.79. The molecule has 0 aliphatic carbocycles. The van der Waals surface area contributed by atoms with Gasteiger partial charge in [-0.15, -0.1) is 0 Å². The average Bonchev–Trinajstić information content (AvgIpc) is 2.96. The summed E-state index contributed by atoms with van der Waals surface area (Å²) in [5.74, 6) is 0. The maximum atomic E-state index is 10.6. The summed E-state index contributed by atoms with van der Waals surface area (Å²) in [4.78, 5) is 4.87. The van der Waals surface area contributed by atoms with Crippen molar-refractivity contribution >= 4 is 0 Å². The second-order valence-corrected chi connectivity index (χ2v) is 7.55. The first kappa shape index (κ1) is 19.1. The van der Waals surface area contributed by atoms with Crippen molar-refractivity contribution < 1.29 is 5.11 Å². The molecule has 2 aromatic rings. The zero-order valence-corrected chi connectivity index (χ0v) is 16.6. The largest absolute Gasteiger partial charge is 0.387 e. The Balaban J connectivity index is 1.51. The van der Waals surface area contributed by atoms with E-state index in [1.165, 1.54) is 16.7 Å². The molecule has 0 unspecified atom stereocenters. The van der Waals surface area contributed by atoms with Gasteiger partial charge in [0.15, 0.2) is 0 Å². The van der Waals surface area contributed by atoms with Gasteiger partial charge in [-0.1, -0.05) is 23.8 Å². The number of aliphatic hydroxyl groups excluding tert-OH is 1. The van der Waals surface area contributed by atoms with E-state index in [1.54, 1.807) is 0 Å². The first-order chi connectivity index (χ1) is 12.5. The first-order valence-electron chi connectivity index (χ1n) is 9.69. The van der Waals surface area contributed by atoms with E-state index in [1.807, 2.05) is 4.68 Å². The highest BCUT2D eigenvalue weighted by Crippen LogP contribution is 2.21.